The van der Waals surface area contributed by atoms with E-state index >= 15 is 0 Å². The van der Waals surface area contributed by atoms with Crippen molar-refractivity contribution in [2.75, 3.05) is 18.9 Å². The highest BCUT2D eigenvalue weighted by Gasteiger charge is 2.07. The molecule has 0 aliphatic heterocycles. The largest absolute Gasteiger partial charge is 0.356 e. The van der Waals surface area contributed by atoms with Crippen molar-refractivity contribution in [3.63, 3.8) is 0 Å². The van der Waals surface area contributed by atoms with Crippen LogP contribution in [0.3, 0.4) is 0 Å². The SMILES string of the molecule is CN=C(NCCC(=O)Nc1cccc(C)n1)NCc1ccccc1Cn1cccn1. The normalized spacial score (nSPS) is 11.2. The first kappa shape index (κ1) is 21.0. The maximum Gasteiger partial charge on any atom is 0.227 e. The van der Waals surface area contributed by atoms with E-state index in [1.54, 1.807) is 19.3 Å². The number of rotatable bonds is 8. The number of aromatic nitrogens is 3. The molecule has 3 N–H and O–H groups in total. The van der Waals surface area contributed by atoms with E-state index in [9.17, 15) is 4.79 Å². The van der Waals surface area contributed by atoms with Gasteiger partial charge in [-0.1, -0.05) is 30.3 Å². The van der Waals surface area contributed by atoms with Crippen LogP contribution in [0.4, 0.5) is 5.82 Å². The zero-order valence-electron chi connectivity index (χ0n) is 17.3. The minimum atomic E-state index is -0.0966. The van der Waals surface area contributed by atoms with Crippen molar-refractivity contribution in [3.8, 4) is 0 Å². The molecular weight excluding hydrogens is 378 g/mol. The molecule has 8 heteroatoms. The molecule has 0 aliphatic carbocycles. The van der Waals surface area contributed by atoms with Crippen LogP contribution in [0, 0.1) is 6.92 Å². The van der Waals surface area contributed by atoms with E-state index in [-0.39, 0.29) is 5.91 Å². The van der Waals surface area contributed by atoms with Crippen LogP contribution in [0.1, 0.15) is 23.2 Å². The van der Waals surface area contributed by atoms with E-state index in [0.717, 1.165) is 5.69 Å². The molecule has 0 atom stereocenters. The standard InChI is InChI=1S/C22H27N7O/c1-17-7-5-10-20(27-17)28-21(30)11-13-24-22(23-2)25-15-18-8-3-4-9-19(18)16-29-14-6-12-26-29/h3-10,12,14H,11,13,15-16H2,1-2H3,(H2,23,24,25)(H,27,28,30). The van der Waals surface area contributed by atoms with E-state index in [1.165, 1.54) is 11.1 Å². The van der Waals surface area contributed by atoms with Gasteiger partial charge < -0.3 is 16.0 Å². The van der Waals surface area contributed by atoms with Crippen LogP contribution in [-0.4, -0.2) is 40.2 Å². The Hall–Kier alpha value is -3.68. The molecule has 0 unspecified atom stereocenters. The highest BCUT2D eigenvalue weighted by molar-refractivity contribution is 5.90. The van der Waals surface area contributed by atoms with Gasteiger partial charge in [0.05, 0.1) is 6.54 Å². The molecule has 1 aromatic carbocycles. The third-order valence-corrected chi connectivity index (χ3v) is 4.48. The average Bonchev–Trinajstić information content (AvgIpc) is 3.24. The summed E-state index contributed by atoms with van der Waals surface area (Å²) in [7, 11) is 1.71. The molecule has 0 radical (unpaired) electrons. The lowest BCUT2D eigenvalue weighted by Gasteiger charge is -2.14. The van der Waals surface area contributed by atoms with E-state index < -0.39 is 0 Å². The van der Waals surface area contributed by atoms with Crippen molar-refractivity contribution in [2.45, 2.75) is 26.4 Å². The fourth-order valence-electron chi connectivity index (χ4n) is 2.96. The topological polar surface area (TPSA) is 96.2 Å². The minimum absolute atomic E-state index is 0.0966. The predicted octanol–water partition coefficient (Wildman–Crippen LogP) is 2.33. The summed E-state index contributed by atoms with van der Waals surface area (Å²) < 4.78 is 1.90. The second-order valence-electron chi connectivity index (χ2n) is 6.79. The van der Waals surface area contributed by atoms with Crippen molar-refractivity contribution < 1.29 is 4.79 Å². The lowest BCUT2D eigenvalue weighted by Crippen LogP contribution is -2.38. The molecule has 0 spiro atoms. The molecular formula is C22H27N7O. The van der Waals surface area contributed by atoms with Crippen LogP contribution in [-0.2, 0) is 17.9 Å². The molecule has 2 heterocycles. The Morgan fingerprint density at radius 2 is 1.90 bits per heavy atom. The maximum absolute atomic E-state index is 12.1. The van der Waals surface area contributed by atoms with E-state index in [1.807, 2.05) is 48.1 Å². The number of anilines is 1. The first-order valence-corrected chi connectivity index (χ1v) is 9.86. The summed E-state index contributed by atoms with van der Waals surface area (Å²) >= 11 is 0. The molecule has 0 fully saturated rings. The summed E-state index contributed by atoms with van der Waals surface area (Å²) in [6.07, 6.45) is 4.03. The van der Waals surface area contributed by atoms with Crippen LogP contribution in [0.5, 0.6) is 0 Å². The van der Waals surface area contributed by atoms with Crippen LogP contribution in [0.2, 0.25) is 0 Å². The lowest BCUT2D eigenvalue weighted by molar-refractivity contribution is -0.116. The van der Waals surface area contributed by atoms with E-state index in [2.05, 4.69) is 43.2 Å². The van der Waals surface area contributed by atoms with Gasteiger partial charge in [-0.3, -0.25) is 14.5 Å². The number of carbonyl (C=O) groups excluding carboxylic acids is 1. The number of benzene rings is 1. The third kappa shape index (κ3) is 6.44. The average molecular weight is 406 g/mol. The van der Waals surface area contributed by atoms with Crippen molar-refractivity contribution in [1.82, 2.24) is 25.4 Å². The van der Waals surface area contributed by atoms with Gasteiger partial charge in [-0.05, 0) is 36.2 Å². The molecule has 0 saturated heterocycles. The zero-order chi connectivity index (χ0) is 21.2. The molecule has 0 saturated carbocycles. The van der Waals surface area contributed by atoms with Gasteiger partial charge in [-0.15, -0.1) is 0 Å². The molecule has 1 amide bonds. The van der Waals surface area contributed by atoms with E-state index in [0.29, 0.717) is 37.8 Å². The fourth-order valence-corrected chi connectivity index (χ4v) is 2.96. The Labute approximate surface area is 176 Å². The summed E-state index contributed by atoms with van der Waals surface area (Å²) in [4.78, 5) is 20.6. The Morgan fingerprint density at radius 3 is 2.63 bits per heavy atom. The summed E-state index contributed by atoms with van der Waals surface area (Å²) in [6.45, 7) is 3.69. The molecule has 3 rings (SSSR count). The molecule has 2 aromatic heterocycles. The Bertz CT molecular complexity index is 983. The number of nitrogens with one attached hydrogen (secondary N) is 3. The molecule has 0 aliphatic rings. The number of hydrogen-bond acceptors (Lipinski definition) is 4. The van der Waals surface area contributed by atoms with Crippen molar-refractivity contribution in [2.24, 2.45) is 4.99 Å². The predicted molar refractivity (Wildman–Crippen MR) is 118 cm³/mol. The third-order valence-electron chi connectivity index (χ3n) is 4.48. The van der Waals surface area contributed by atoms with Gasteiger partial charge in [0.25, 0.3) is 0 Å². The van der Waals surface area contributed by atoms with Crippen molar-refractivity contribution in [1.29, 1.82) is 0 Å². The summed E-state index contributed by atoms with van der Waals surface area (Å²) in [5.41, 5.74) is 3.22. The lowest BCUT2D eigenvalue weighted by atomic mass is 10.1. The molecule has 156 valence electrons. The molecule has 8 nitrogen and oxygen atoms in total. The van der Waals surface area contributed by atoms with Gasteiger partial charge in [0.1, 0.15) is 5.82 Å². The van der Waals surface area contributed by atoms with Crippen LogP contribution >= 0.6 is 0 Å². The molecule has 3 aromatic rings. The zero-order valence-corrected chi connectivity index (χ0v) is 17.3. The van der Waals surface area contributed by atoms with Gasteiger partial charge in [0.2, 0.25) is 5.91 Å². The maximum atomic E-state index is 12.1. The van der Waals surface area contributed by atoms with Crippen LogP contribution < -0.4 is 16.0 Å². The van der Waals surface area contributed by atoms with Crippen molar-refractivity contribution in [3.05, 3.63) is 77.7 Å². The second kappa shape index (κ2) is 10.8. The monoisotopic (exact) mass is 405 g/mol. The number of amides is 1. The Morgan fingerprint density at radius 1 is 1.07 bits per heavy atom. The minimum Gasteiger partial charge on any atom is -0.356 e. The van der Waals surface area contributed by atoms with Crippen LogP contribution in [0.25, 0.3) is 0 Å². The van der Waals surface area contributed by atoms with Crippen LogP contribution in [0.15, 0.2) is 65.9 Å². The first-order chi connectivity index (χ1) is 14.6. The number of aliphatic imine (C=N–C) groups is 1. The Kier molecular flexibility index (Phi) is 7.54. The number of carbonyl (C=O) groups is 1. The smallest absolute Gasteiger partial charge is 0.227 e. The Balaban J connectivity index is 1.46. The number of guanidine groups is 1. The highest BCUT2D eigenvalue weighted by Crippen LogP contribution is 2.10. The second-order valence-corrected chi connectivity index (χ2v) is 6.79. The quantitative estimate of drug-likeness (QED) is 0.395. The van der Waals surface area contributed by atoms with Gasteiger partial charge in [-0.25, -0.2) is 4.98 Å². The summed E-state index contributed by atoms with van der Waals surface area (Å²) in [5.74, 6) is 1.11. The molecule has 0 bridgehead atoms. The van der Waals surface area contributed by atoms with E-state index in [4.69, 9.17) is 0 Å². The molecule has 30 heavy (non-hydrogen) atoms. The first-order valence-electron chi connectivity index (χ1n) is 9.86. The van der Waals surface area contributed by atoms with Gasteiger partial charge in [0.15, 0.2) is 5.96 Å². The summed E-state index contributed by atoms with van der Waals surface area (Å²) in [6, 6.07) is 15.7. The van der Waals surface area contributed by atoms with Gasteiger partial charge in [-0.2, -0.15) is 5.10 Å². The number of hydrogen-bond donors (Lipinski definition) is 3. The van der Waals surface area contributed by atoms with Gasteiger partial charge in [0, 0.05) is 44.6 Å². The summed E-state index contributed by atoms with van der Waals surface area (Å²) in [5, 5.41) is 13.6. The number of nitrogens with zero attached hydrogens (tertiary/aromatic N) is 4. The number of aryl methyl sites for hydroxylation is 1. The van der Waals surface area contributed by atoms with Gasteiger partial charge >= 0.3 is 0 Å². The van der Waals surface area contributed by atoms with Crippen molar-refractivity contribution >= 4 is 17.7 Å². The number of pyridine rings is 1. The fraction of sp³-hybridized carbons (Fsp3) is 0.273. The highest BCUT2D eigenvalue weighted by atomic mass is 16.1.